The molecule has 0 radical (unpaired) electrons. The van der Waals surface area contributed by atoms with Gasteiger partial charge in [0.2, 0.25) is 0 Å². The molecule has 7 heteroatoms. The number of thiophene rings is 1. The Hall–Kier alpha value is -3.32. The van der Waals surface area contributed by atoms with Gasteiger partial charge in [-0.25, -0.2) is 4.79 Å². The summed E-state index contributed by atoms with van der Waals surface area (Å²) in [7, 11) is 2.93. The first kappa shape index (κ1) is 20.4. The van der Waals surface area contributed by atoms with Gasteiger partial charge in [0.25, 0.3) is 5.91 Å². The van der Waals surface area contributed by atoms with Crippen LogP contribution in [0.25, 0.3) is 0 Å². The number of hydrogen-bond donors (Lipinski definition) is 1. The molecule has 29 heavy (non-hydrogen) atoms. The van der Waals surface area contributed by atoms with E-state index in [0.29, 0.717) is 27.6 Å². The number of benzene rings is 2. The second kappa shape index (κ2) is 8.79. The maximum Gasteiger partial charge on any atom is 0.341 e. The van der Waals surface area contributed by atoms with Gasteiger partial charge in [-0.3, -0.25) is 4.79 Å². The number of methoxy groups -OCH3 is 2. The van der Waals surface area contributed by atoms with E-state index in [4.69, 9.17) is 14.2 Å². The summed E-state index contributed by atoms with van der Waals surface area (Å²) < 4.78 is 15.7. The Morgan fingerprint density at radius 3 is 1.97 bits per heavy atom. The molecule has 0 spiro atoms. The van der Waals surface area contributed by atoms with E-state index < -0.39 is 5.97 Å². The molecule has 0 saturated heterocycles. The first-order chi connectivity index (χ1) is 13.9. The highest BCUT2D eigenvalue weighted by atomic mass is 32.1. The molecule has 0 aliphatic heterocycles. The zero-order valence-corrected chi connectivity index (χ0v) is 17.4. The predicted octanol–water partition coefficient (Wildman–Crippen LogP) is 5.20. The average molecular weight is 411 g/mol. The summed E-state index contributed by atoms with van der Waals surface area (Å²) in [6.07, 6.45) is 0. The van der Waals surface area contributed by atoms with Crippen molar-refractivity contribution in [2.75, 3.05) is 19.5 Å². The van der Waals surface area contributed by atoms with Crippen molar-refractivity contribution in [1.29, 1.82) is 0 Å². The number of esters is 1. The first-order valence-corrected chi connectivity index (χ1v) is 9.66. The first-order valence-electron chi connectivity index (χ1n) is 8.84. The number of carbonyl (C=O) groups is 2. The number of amides is 1. The summed E-state index contributed by atoms with van der Waals surface area (Å²) in [5, 5.41) is 3.29. The topological polar surface area (TPSA) is 73.9 Å². The standard InChI is InChI=1S/C22H21NO5S/c1-13-14(2)29-21(19(13)22(25)27-4)23-20(24)15-5-7-17(8-6-15)28-18-11-9-16(26-3)10-12-18/h5-12H,1-4H3,(H,23,24). The van der Waals surface area contributed by atoms with Crippen LogP contribution in [0.1, 0.15) is 31.2 Å². The normalized spacial score (nSPS) is 10.3. The Balaban J connectivity index is 1.72. The predicted molar refractivity (Wildman–Crippen MR) is 113 cm³/mol. The summed E-state index contributed by atoms with van der Waals surface area (Å²) in [4.78, 5) is 25.6. The van der Waals surface area contributed by atoms with Gasteiger partial charge in [0.05, 0.1) is 19.8 Å². The van der Waals surface area contributed by atoms with Gasteiger partial charge < -0.3 is 19.5 Å². The van der Waals surface area contributed by atoms with Gasteiger partial charge in [-0.05, 0) is 67.9 Å². The van der Waals surface area contributed by atoms with Gasteiger partial charge in [-0.1, -0.05) is 0 Å². The van der Waals surface area contributed by atoms with Gasteiger partial charge in [-0.2, -0.15) is 0 Å². The lowest BCUT2D eigenvalue weighted by molar-refractivity contribution is 0.0601. The number of anilines is 1. The molecular formula is C22H21NO5S. The van der Waals surface area contributed by atoms with E-state index in [0.717, 1.165) is 16.2 Å². The van der Waals surface area contributed by atoms with Crippen LogP contribution in [-0.2, 0) is 4.74 Å². The van der Waals surface area contributed by atoms with E-state index in [2.05, 4.69) is 5.32 Å². The van der Waals surface area contributed by atoms with Crippen molar-refractivity contribution in [2.24, 2.45) is 0 Å². The number of rotatable bonds is 6. The van der Waals surface area contributed by atoms with Crippen molar-refractivity contribution in [3.63, 3.8) is 0 Å². The third-order valence-electron chi connectivity index (χ3n) is 4.41. The zero-order valence-electron chi connectivity index (χ0n) is 16.6. The van der Waals surface area contributed by atoms with E-state index >= 15 is 0 Å². The van der Waals surface area contributed by atoms with Gasteiger partial charge in [0, 0.05) is 10.4 Å². The van der Waals surface area contributed by atoms with Crippen molar-refractivity contribution in [1.82, 2.24) is 0 Å². The molecule has 2 aromatic carbocycles. The minimum absolute atomic E-state index is 0.313. The highest BCUT2D eigenvalue weighted by Gasteiger charge is 2.22. The fraction of sp³-hybridized carbons (Fsp3) is 0.182. The molecule has 1 amide bonds. The molecule has 3 aromatic rings. The van der Waals surface area contributed by atoms with Gasteiger partial charge >= 0.3 is 5.97 Å². The van der Waals surface area contributed by atoms with Crippen LogP contribution < -0.4 is 14.8 Å². The quantitative estimate of drug-likeness (QED) is 0.564. The minimum atomic E-state index is -0.467. The van der Waals surface area contributed by atoms with E-state index in [1.807, 2.05) is 13.8 Å². The molecular weight excluding hydrogens is 390 g/mol. The molecule has 3 rings (SSSR count). The second-order valence-corrected chi connectivity index (χ2v) is 7.46. The van der Waals surface area contributed by atoms with Crippen LogP contribution in [0.15, 0.2) is 48.5 Å². The van der Waals surface area contributed by atoms with Crippen LogP contribution in [0.3, 0.4) is 0 Å². The molecule has 0 atom stereocenters. The zero-order chi connectivity index (χ0) is 21.0. The molecule has 1 heterocycles. The highest BCUT2D eigenvalue weighted by Crippen LogP contribution is 2.33. The molecule has 150 valence electrons. The molecule has 0 bridgehead atoms. The molecule has 0 unspecified atom stereocenters. The molecule has 0 aliphatic carbocycles. The van der Waals surface area contributed by atoms with Crippen LogP contribution in [-0.4, -0.2) is 26.1 Å². The smallest absolute Gasteiger partial charge is 0.341 e. The van der Waals surface area contributed by atoms with Gasteiger partial charge in [-0.15, -0.1) is 11.3 Å². The van der Waals surface area contributed by atoms with Gasteiger partial charge in [0.1, 0.15) is 22.2 Å². The lowest BCUT2D eigenvalue weighted by atomic mass is 10.1. The summed E-state index contributed by atoms with van der Waals surface area (Å²) >= 11 is 1.35. The number of carbonyl (C=O) groups excluding carboxylic acids is 2. The van der Waals surface area contributed by atoms with Crippen LogP contribution >= 0.6 is 11.3 Å². The average Bonchev–Trinajstić information content (AvgIpc) is 3.01. The van der Waals surface area contributed by atoms with Crippen LogP contribution in [0, 0.1) is 13.8 Å². The van der Waals surface area contributed by atoms with Crippen molar-refractivity contribution in [3.8, 4) is 17.2 Å². The van der Waals surface area contributed by atoms with E-state index in [9.17, 15) is 9.59 Å². The van der Waals surface area contributed by atoms with Crippen LogP contribution in [0.2, 0.25) is 0 Å². The Bertz CT molecular complexity index is 1020. The molecule has 1 N–H and O–H groups in total. The fourth-order valence-corrected chi connectivity index (χ4v) is 3.74. The number of hydrogen-bond acceptors (Lipinski definition) is 6. The third kappa shape index (κ3) is 4.57. The molecule has 1 aromatic heterocycles. The lowest BCUT2D eigenvalue weighted by Gasteiger charge is -2.09. The Labute approximate surface area is 173 Å². The maximum absolute atomic E-state index is 12.6. The number of aryl methyl sites for hydroxylation is 1. The van der Waals surface area contributed by atoms with Crippen molar-refractivity contribution in [3.05, 3.63) is 70.1 Å². The Kier molecular flexibility index (Phi) is 6.19. The Morgan fingerprint density at radius 1 is 0.862 bits per heavy atom. The monoisotopic (exact) mass is 411 g/mol. The fourth-order valence-electron chi connectivity index (χ4n) is 2.69. The van der Waals surface area contributed by atoms with E-state index in [1.165, 1.54) is 18.4 Å². The molecule has 0 fully saturated rings. The van der Waals surface area contributed by atoms with E-state index in [1.54, 1.807) is 55.6 Å². The number of nitrogens with one attached hydrogen (secondary N) is 1. The maximum atomic E-state index is 12.6. The van der Waals surface area contributed by atoms with E-state index in [-0.39, 0.29) is 5.91 Å². The number of ether oxygens (including phenoxy) is 3. The molecule has 6 nitrogen and oxygen atoms in total. The van der Waals surface area contributed by atoms with Crippen LogP contribution in [0.4, 0.5) is 5.00 Å². The SMILES string of the molecule is COC(=O)c1c(NC(=O)c2ccc(Oc3ccc(OC)cc3)cc2)sc(C)c1C. The Morgan fingerprint density at radius 2 is 1.41 bits per heavy atom. The summed E-state index contributed by atoms with van der Waals surface area (Å²) in [6.45, 7) is 3.73. The lowest BCUT2D eigenvalue weighted by Crippen LogP contribution is -2.14. The molecule has 0 aliphatic rings. The van der Waals surface area contributed by atoms with Crippen molar-refractivity contribution in [2.45, 2.75) is 13.8 Å². The van der Waals surface area contributed by atoms with Crippen LogP contribution in [0.5, 0.6) is 17.2 Å². The minimum Gasteiger partial charge on any atom is -0.497 e. The second-order valence-electron chi connectivity index (χ2n) is 6.24. The van der Waals surface area contributed by atoms with Crippen molar-refractivity contribution < 1.29 is 23.8 Å². The highest BCUT2D eigenvalue weighted by molar-refractivity contribution is 7.16. The summed E-state index contributed by atoms with van der Waals surface area (Å²) in [5.41, 5.74) is 1.65. The summed E-state index contributed by atoms with van der Waals surface area (Å²) in [5.74, 6) is 1.23. The third-order valence-corrected chi connectivity index (χ3v) is 5.54. The summed E-state index contributed by atoms with van der Waals surface area (Å²) in [6, 6.07) is 14.0. The largest absolute Gasteiger partial charge is 0.497 e. The van der Waals surface area contributed by atoms with Crippen molar-refractivity contribution >= 4 is 28.2 Å². The molecule has 0 saturated carbocycles. The van der Waals surface area contributed by atoms with Gasteiger partial charge in [0.15, 0.2) is 0 Å².